The zero-order valence-corrected chi connectivity index (χ0v) is 11.6. The summed E-state index contributed by atoms with van der Waals surface area (Å²) in [5.74, 6) is 0. The lowest BCUT2D eigenvalue weighted by Crippen LogP contribution is -1.76. The predicted molar refractivity (Wildman–Crippen MR) is 72.6 cm³/mol. The molecule has 1 heterocycles. The molecular formula is C10H6BrIOS. The largest absolute Gasteiger partial charge is 0.297 e. The molecule has 1 aromatic carbocycles. The number of halogens is 2. The van der Waals surface area contributed by atoms with Gasteiger partial charge in [-0.1, -0.05) is 28.1 Å². The molecule has 0 amide bonds. The van der Waals surface area contributed by atoms with Crippen molar-refractivity contribution in [1.29, 1.82) is 0 Å². The lowest BCUT2D eigenvalue weighted by Gasteiger charge is -1.94. The minimum absolute atomic E-state index is 0.826. The fourth-order valence-electron chi connectivity index (χ4n) is 1.29. The maximum absolute atomic E-state index is 10.7. The van der Waals surface area contributed by atoms with E-state index in [4.69, 9.17) is 0 Å². The van der Waals surface area contributed by atoms with Crippen molar-refractivity contribution < 1.29 is 4.79 Å². The summed E-state index contributed by atoms with van der Waals surface area (Å²) in [6, 6.07) is 6.29. The summed E-state index contributed by atoms with van der Waals surface area (Å²) in [6.45, 7) is 0. The van der Waals surface area contributed by atoms with Crippen molar-refractivity contribution in [1.82, 2.24) is 0 Å². The van der Waals surface area contributed by atoms with E-state index in [-0.39, 0.29) is 0 Å². The minimum Gasteiger partial charge on any atom is -0.297 e. The fourth-order valence-corrected chi connectivity index (χ4v) is 3.72. The number of aldehydes is 1. The molecule has 0 bridgehead atoms. The smallest absolute Gasteiger partial charge is 0.161 e. The highest BCUT2D eigenvalue weighted by Crippen LogP contribution is 2.32. The fraction of sp³-hybridized carbons (Fsp3) is 0.100. The Morgan fingerprint density at radius 2 is 2.29 bits per heavy atom. The first-order valence-electron chi connectivity index (χ1n) is 3.98. The van der Waals surface area contributed by atoms with Gasteiger partial charge >= 0.3 is 0 Å². The zero-order valence-electron chi connectivity index (χ0n) is 7.09. The Labute approximate surface area is 108 Å². The molecule has 14 heavy (non-hydrogen) atoms. The Morgan fingerprint density at radius 1 is 1.50 bits per heavy atom. The average Bonchev–Trinajstić information content (AvgIpc) is 2.55. The van der Waals surface area contributed by atoms with Crippen LogP contribution in [0.1, 0.15) is 15.2 Å². The highest BCUT2D eigenvalue weighted by molar-refractivity contribution is 14.1. The lowest BCUT2D eigenvalue weighted by atomic mass is 10.2. The maximum Gasteiger partial charge on any atom is 0.161 e. The van der Waals surface area contributed by atoms with Crippen LogP contribution in [0, 0.1) is 3.57 Å². The van der Waals surface area contributed by atoms with Crippen LogP contribution in [0.2, 0.25) is 0 Å². The molecule has 0 radical (unpaired) electrons. The molecule has 2 rings (SSSR count). The van der Waals surface area contributed by atoms with Crippen LogP contribution in [0.25, 0.3) is 10.1 Å². The van der Waals surface area contributed by atoms with Gasteiger partial charge in [0.25, 0.3) is 0 Å². The number of rotatable bonds is 2. The van der Waals surface area contributed by atoms with Crippen molar-refractivity contribution in [2.45, 2.75) is 5.33 Å². The van der Waals surface area contributed by atoms with Crippen molar-refractivity contribution in [3.63, 3.8) is 0 Å². The summed E-state index contributed by atoms with van der Waals surface area (Å²) in [7, 11) is 0. The zero-order chi connectivity index (χ0) is 10.1. The van der Waals surface area contributed by atoms with Crippen molar-refractivity contribution in [2.24, 2.45) is 0 Å². The highest BCUT2D eigenvalue weighted by Gasteiger charge is 2.08. The molecule has 0 saturated heterocycles. The number of carbonyl (C=O) groups excluding carboxylic acids is 1. The summed E-state index contributed by atoms with van der Waals surface area (Å²) >= 11 is 7.20. The highest BCUT2D eigenvalue weighted by atomic mass is 127. The molecule has 1 nitrogen and oxygen atoms in total. The Balaban J connectivity index is 2.72. The molecular weight excluding hydrogens is 375 g/mol. The number of thiophene rings is 1. The Kier molecular flexibility index (Phi) is 3.23. The molecule has 2 aromatic rings. The summed E-state index contributed by atoms with van der Waals surface area (Å²) in [5, 5.41) is 2.04. The van der Waals surface area contributed by atoms with Crippen LogP contribution in [0.5, 0.6) is 0 Å². The molecule has 4 heteroatoms. The van der Waals surface area contributed by atoms with Crippen LogP contribution >= 0.6 is 49.9 Å². The van der Waals surface area contributed by atoms with Gasteiger partial charge < -0.3 is 0 Å². The first-order valence-corrected chi connectivity index (χ1v) is 7.00. The summed E-state index contributed by atoms with van der Waals surface area (Å²) in [6.07, 6.45) is 0.931. The standard InChI is InChI=1S/C10H6BrIOS/c11-4-6-1-2-7-8(3-6)14-9(5-13)10(7)12/h1-3,5H,4H2. The van der Waals surface area contributed by atoms with Gasteiger partial charge in [-0.15, -0.1) is 11.3 Å². The number of fused-ring (bicyclic) bond motifs is 1. The number of hydrogen-bond donors (Lipinski definition) is 0. The van der Waals surface area contributed by atoms with Gasteiger partial charge in [0.1, 0.15) is 0 Å². The van der Waals surface area contributed by atoms with E-state index in [1.807, 2.05) is 0 Å². The summed E-state index contributed by atoms with van der Waals surface area (Å²) in [5.41, 5.74) is 1.24. The van der Waals surface area contributed by atoms with Crippen molar-refractivity contribution in [2.75, 3.05) is 0 Å². The van der Waals surface area contributed by atoms with Crippen LogP contribution in [0.3, 0.4) is 0 Å². The molecule has 0 N–H and O–H groups in total. The van der Waals surface area contributed by atoms with Gasteiger partial charge in [-0.25, -0.2) is 0 Å². The second-order valence-electron chi connectivity index (χ2n) is 2.86. The van der Waals surface area contributed by atoms with Gasteiger partial charge in [-0.05, 0) is 34.2 Å². The summed E-state index contributed by atoms with van der Waals surface area (Å²) < 4.78 is 2.26. The molecule has 0 spiro atoms. The van der Waals surface area contributed by atoms with E-state index in [0.717, 1.165) is 20.1 Å². The van der Waals surface area contributed by atoms with E-state index in [1.165, 1.54) is 15.6 Å². The van der Waals surface area contributed by atoms with Crippen LogP contribution in [-0.4, -0.2) is 6.29 Å². The Morgan fingerprint density at radius 3 is 2.93 bits per heavy atom. The summed E-state index contributed by atoms with van der Waals surface area (Å²) in [4.78, 5) is 11.6. The normalized spacial score (nSPS) is 10.7. The maximum atomic E-state index is 10.7. The van der Waals surface area contributed by atoms with Gasteiger partial charge in [0.15, 0.2) is 6.29 Å². The van der Waals surface area contributed by atoms with Gasteiger partial charge in [0, 0.05) is 19.0 Å². The number of benzene rings is 1. The van der Waals surface area contributed by atoms with E-state index in [0.29, 0.717) is 0 Å². The third-order valence-electron chi connectivity index (χ3n) is 1.98. The first-order chi connectivity index (χ1) is 6.76. The first kappa shape index (κ1) is 10.6. The minimum atomic E-state index is 0.826. The van der Waals surface area contributed by atoms with Crippen molar-refractivity contribution in [3.05, 3.63) is 32.2 Å². The molecule has 0 aliphatic rings. The molecule has 72 valence electrons. The van der Waals surface area contributed by atoms with Crippen LogP contribution in [0.15, 0.2) is 18.2 Å². The molecule has 0 aliphatic carbocycles. The molecule has 0 fully saturated rings. The second kappa shape index (κ2) is 4.28. The average molecular weight is 381 g/mol. The third kappa shape index (κ3) is 1.75. The van der Waals surface area contributed by atoms with E-state index in [1.54, 1.807) is 11.3 Å². The van der Waals surface area contributed by atoms with Gasteiger partial charge in [-0.3, -0.25) is 4.79 Å². The SMILES string of the molecule is O=Cc1sc2cc(CBr)ccc2c1I. The Bertz CT molecular complexity index is 492. The third-order valence-corrected chi connectivity index (χ3v) is 5.23. The van der Waals surface area contributed by atoms with Crippen molar-refractivity contribution in [3.8, 4) is 0 Å². The Hall–Kier alpha value is 0.0600. The monoisotopic (exact) mass is 380 g/mol. The van der Waals surface area contributed by atoms with E-state index >= 15 is 0 Å². The topological polar surface area (TPSA) is 17.1 Å². The van der Waals surface area contributed by atoms with E-state index < -0.39 is 0 Å². The van der Waals surface area contributed by atoms with Crippen LogP contribution in [-0.2, 0) is 5.33 Å². The van der Waals surface area contributed by atoms with E-state index in [9.17, 15) is 4.79 Å². The number of alkyl halides is 1. The molecule has 0 unspecified atom stereocenters. The molecule has 0 aliphatic heterocycles. The van der Waals surface area contributed by atoms with Crippen molar-refractivity contribution >= 4 is 66.2 Å². The number of carbonyl (C=O) groups is 1. The van der Waals surface area contributed by atoms with E-state index in [2.05, 4.69) is 56.7 Å². The van der Waals surface area contributed by atoms with Gasteiger partial charge in [-0.2, -0.15) is 0 Å². The van der Waals surface area contributed by atoms with Crippen LogP contribution < -0.4 is 0 Å². The molecule has 0 atom stereocenters. The quantitative estimate of drug-likeness (QED) is 0.433. The van der Waals surface area contributed by atoms with Gasteiger partial charge in [0.05, 0.1) is 4.88 Å². The van der Waals surface area contributed by atoms with Crippen LogP contribution in [0.4, 0.5) is 0 Å². The van der Waals surface area contributed by atoms with Gasteiger partial charge in [0.2, 0.25) is 0 Å². The number of hydrogen-bond acceptors (Lipinski definition) is 2. The molecule has 0 saturated carbocycles. The molecule has 1 aromatic heterocycles. The predicted octanol–water partition coefficient (Wildman–Crippen LogP) is 4.21. The lowest BCUT2D eigenvalue weighted by molar-refractivity contribution is 0.112. The second-order valence-corrected chi connectivity index (χ2v) is 5.59.